The number of amidine groups is 1. The van der Waals surface area contributed by atoms with E-state index in [1.807, 2.05) is 67.6 Å². The van der Waals surface area contributed by atoms with E-state index in [1.54, 1.807) is 35.2 Å². The van der Waals surface area contributed by atoms with Crippen LogP contribution in [0.4, 0.5) is 5.69 Å². The molecular formula is C34H26N3O5S-. The van der Waals surface area contributed by atoms with Crippen LogP contribution in [0.5, 0.6) is 11.5 Å². The second-order valence-corrected chi connectivity index (χ2v) is 10.4. The number of thioether (sulfide) groups is 1. The molecule has 1 fully saturated rings. The van der Waals surface area contributed by atoms with Crippen molar-refractivity contribution in [3.63, 3.8) is 0 Å². The Balaban J connectivity index is 1.42. The third kappa shape index (κ3) is 7.12. The largest absolute Gasteiger partial charge is 0.545 e. The Morgan fingerprint density at radius 1 is 0.977 bits per heavy atom. The number of carboxylic acid groups (broad SMARTS) is 1. The first-order chi connectivity index (χ1) is 20.9. The fourth-order valence-corrected chi connectivity index (χ4v) is 5.33. The van der Waals surface area contributed by atoms with Crippen molar-refractivity contribution in [2.75, 3.05) is 6.61 Å². The molecule has 9 heteroatoms. The highest BCUT2D eigenvalue weighted by molar-refractivity contribution is 8.18. The summed E-state index contributed by atoms with van der Waals surface area (Å²) in [6.07, 6.45) is 1.78. The summed E-state index contributed by atoms with van der Waals surface area (Å²) in [5, 5.41) is 21.0. The first-order valence-corrected chi connectivity index (χ1v) is 14.3. The molecule has 4 aromatic rings. The van der Waals surface area contributed by atoms with E-state index in [1.165, 1.54) is 23.9 Å². The lowest BCUT2D eigenvalue weighted by molar-refractivity contribution is -0.255. The van der Waals surface area contributed by atoms with Crippen LogP contribution in [-0.4, -0.2) is 28.6 Å². The van der Waals surface area contributed by atoms with Gasteiger partial charge in [0.1, 0.15) is 6.61 Å². The lowest BCUT2D eigenvalue weighted by atomic mass is 10.1. The molecule has 0 saturated carbocycles. The van der Waals surface area contributed by atoms with Crippen LogP contribution in [0.3, 0.4) is 0 Å². The number of rotatable bonds is 10. The molecule has 1 saturated heterocycles. The molecule has 1 amide bonds. The smallest absolute Gasteiger partial charge is 0.267 e. The number of benzene rings is 4. The second kappa shape index (κ2) is 13.6. The Labute approximate surface area is 253 Å². The van der Waals surface area contributed by atoms with E-state index in [0.29, 0.717) is 39.4 Å². The van der Waals surface area contributed by atoms with Gasteiger partial charge in [-0.1, -0.05) is 66.7 Å². The van der Waals surface area contributed by atoms with Gasteiger partial charge in [-0.2, -0.15) is 5.26 Å². The van der Waals surface area contributed by atoms with Crippen LogP contribution < -0.4 is 14.6 Å². The molecule has 0 aliphatic carbocycles. The molecule has 0 aromatic heterocycles. The van der Waals surface area contributed by atoms with Gasteiger partial charge in [-0.3, -0.25) is 9.69 Å². The van der Waals surface area contributed by atoms with Crippen LogP contribution in [-0.2, 0) is 17.9 Å². The molecule has 0 spiro atoms. The minimum atomic E-state index is -1.26. The van der Waals surface area contributed by atoms with Crippen LogP contribution in [0.1, 0.15) is 39.5 Å². The number of hydrogen-bond donors (Lipinski definition) is 0. The van der Waals surface area contributed by atoms with Crippen molar-refractivity contribution in [3.8, 4) is 17.6 Å². The summed E-state index contributed by atoms with van der Waals surface area (Å²) in [5.41, 5.74) is 3.57. The molecule has 1 aliphatic rings. The van der Waals surface area contributed by atoms with Crippen LogP contribution in [0.25, 0.3) is 6.08 Å². The first-order valence-electron chi connectivity index (χ1n) is 13.5. The van der Waals surface area contributed by atoms with E-state index >= 15 is 0 Å². The van der Waals surface area contributed by atoms with Gasteiger partial charge in [0.15, 0.2) is 16.7 Å². The van der Waals surface area contributed by atoms with Gasteiger partial charge in [0.2, 0.25) is 0 Å². The first kappa shape index (κ1) is 29.2. The average molecular weight is 589 g/mol. The zero-order valence-corrected chi connectivity index (χ0v) is 24.0. The molecule has 1 aliphatic heterocycles. The van der Waals surface area contributed by atoms with Gasteiger partial charge in [0.05, 0.1) is 41.3 Å². The Hall–Kier alpha value is -5.33. The highest BCUT2D eigenvalue weighted by atomic mass is 32.2. The van der Waals surface area contributed by atoms with Gasteiger partial charge < -0.3 is 19.4 Å². The maximum Gasteiger partial charge on any atom is 0.267 e. The molecule has 214 valence electrons. The number of amides is 1. The minimum Gasteiger partial charge on any atom is -0.545 e. The Kier molecular flexibility index (Phi) is 9.20. The summed E-state index contributed by atoms with van der Waals surface area (Å²) in [7, 11) is 0. The van der Waals surface area contributed by atoms with Crippen molar-refractivity contribution in [1.82, 2.24) is 4.90 Å². The number of ether oxygens (including phenoxy) is 2. The number of carbonyl (C=O) groups excluding carboxylic acids is 2. The van der Waals surface area contributed by atoms with Crippen molar-refractivity contribution >= 4 is 40.6 Å². The summed E-state index contributed by atoms with van der Waals surface area (Å²) < 4.78 is 11.9. The van der Waals surface area contributed by atoms with E-state index in [9.17, 15) is 20.0 Å². The predicted molar refractivity (Wildman–Crippen MR) is 164 cm³/mol. The number of aromatic carboxylic acids is 1. The highest BCUT2D eigenvalue weighted by Crippen LogP contribution is 2.37. The molecular weight excluding hydrogens is 562 g/mol. The van der Waals surface area contributed by atoms with Crippen LogP contribution in [0.15, 0.2) is 107 Å². The molecule has 5 rings (SSSR count). The van der Waals surface area contributed by atoms with Gasteiger partial charge in [0.25, 0.3) is 5.91 Å². The standard InChI is InChI=1S/C34H27N3O5S/c1-2-41-30-18-24(14-17-29(30)42-22-27-9-7-6-8-26(27)20-35)19-31-32(38)37(21-23-12-15-25(16-13-23)33(39)40)34(43-31)36-28-10-4-3-5-11-28/h3-19H,2,21-22H2,1H3,(H,39,40)/p-1. The van der Waals surface area contributed by atoms with E-state index in [2.05, 4.69) is 6.07 Å². The maximum absolute atomic E-state index is 13.7. The molecule has 0 unspecified atom stereocenters. The minimum absolute atomic E-state index is 0.0661. The Bertz CT molecular complexity index is 1740. The molecule has 4 aromatic carbocycles. The molecule has 0 radical (unpaired) electrons. The third-order valence-electron chi connectivity index (χ3n) is 6.49. The molecule has 0 atom stereocenters. The zero-order valence-electron chi connectivity index (χ0n) is 23.2. The number of nitrogens with zero attached hydrogens (tertiary/aromatic N) is 3. The van der Waals surface area contributed by atoms with Gasteiger partial charge in [0, 0.05) is 5.56 Å². The fraction of sp³-hybridized carbons (Fsp3) is 0.118. The summed E-state index contributed by atoms with van der Waals surface area (Å²) >= 11 is 1.26. The zero-order chi connectivity index (χ0) is 30.2. The van der Waals surface area contributed by atoms with Crippen molar-refractivity contribution in [1.29, 1.82) is 5.26 Å². The average Bonchev–Trinajstić information content (AvgIpc) is 3.30. The van der Waals surface area contributed by atoms with Crippen molar-refractivity contribution < 1.29 is 24.2 Å². The van der Waals surface area contributed by atoms with Crippen LogP contribution in [0.2, 0.25) is 0 Å². The maximum atomic E-state index is 13.7. The van der Waals surface area contributed by atoms with E-state index in [-0.39, 0.29) is 24.6 Å². The lowest BCUT2D eigenvalue weighted by Crippen LogP contribution is -2.28. The van der Waals surface area contributed by atoms with Gasteiger partial charge in [-0.05, 0) is 71.8 Å². The number of aliphatic imine (C=N–C) groups is 1. The Morgan fingerprint density at radius 3 is 2.44 bits per heavy atom. The lowest BCUT2D eigenvalue weighted by Gasteiger charge is -2.16. The Morgan fingerprint density at radius 2 is 1.72 bits per heavy atom. The second-order valence-electron chi connectivity index (χ2n) is 9.41. The van der Waals surface area contributed by atoms with Crippen molar-refractivity contribution in [3.05, 3.63) is 130 Å². The quantitative estimate of drug-likeness (QED) is 0.218. The number of hydrogen-bond acceptors (Lipinski definition) is 8. The molecule has 1 heterocycles. The van der Waals surface area contributed by atoms with Gasteiger partial charge in [-0.15, -0.1) is 0 Å². The topological polar surface area (TPSA) is 115 Å². The molecule has 0 bridgehead atoms. The normalized spacial score (nSPS) is 14.6. The molecule has 8 nitrogen and oxygen atoms in total. The number of para-hydroxylation sites is 1. The third-order valence-corrected chi connectivity index (χ3v) is 7.49. The van der Waals surface area contributed by atoms with Crippen molar-refractivity contribution in [2.45, 2.75) is 20.1 Å². The summed E-state index contributed by atoms with van der Waals surface area (Å²) in [5.74, 6) is -0.444. The SMILES string of the molecule is CCOc1cc(C=C2SC(=Nc3ccccc3)N(Cc3ccc(C(=O)[O-])cc3)C2=O)ccc1OCc1ccccc1C#N. The van der Waals surface area contributed by atoms with E-state index in [0.717, 1.165) is 16.7 Å². The summed E-state index contributed by atoms with van der Waals surface area (Å²) in [6.45, 7) is 2.71. The highest BCUT2D eigenvalue weighted by Gasteiger charge is 2.33. The monoisotopic (exact) mass is 588 g/mol. The van der Waals surface area contributed by atoms with Crippen LogP contribution in [0, 0.1) is 11.3 Å². The molecule has 0 N–H and O–H groups in total. The van der Waals surface area contributed by atoms with Gasteiger partial charge in [-0.25, -0.2) is 4.99 Å². The molecule has 43 heavy (non-hydrogen) atoms. The summed E-state index contributed by atoms with van der Waals surface area (Å²) in [6, 6.07) is 30.5. The van der Waals surface area contributed by atoms with Crippen LogP contribution >= 0.6 is 11.8 Å². The fourth-order valence-electron chi connectivity index (χ4n) is 4.34. The van der Waals surface area contributed by atoms with Crippen molar-refractivity contribution in [2.24, 2.45) is 4.99 Å². The number of carbonyl (C=O) groups is 2. The summed E-state index contributed by atoms with van der Waals surface area (Å²) in [4.78, 5) is 31.6. The van der Waals surface area contributed by atoms with E-state index in [4.69, 9.17) is 14.5 Å². The number of carboxylic acids is 1. The van der Waals surface area contributed by atoms with E-state index < -0.39 is 5.97 Å². The number of nitriles is 1. The van der Waals surface area contributed by atoms with Gasteiger partial charge >= 0.3 is 0 Å². The predicted octanol–water partition coefficient (Wildman–Crippen LogP) is 5.70.